The minimum absolute atomic E-state index is 0.0748. The molecule has 1 aromatic heterocycles. The summed E-state index contributed by atoms with van der Waals surface area (Å²) in [4.78, 5) is 14.1. The molecule has 1 heterocycles. The lowest BCUT2D eigenvalue weighted by Crippen LogP contribution is -2.14. The molecule has 0 radical (unpaired) electrons. The Bertz CT molecular complexity index is 1560. The van der Waals surface area contributed by atoms with Gasteiger partial charge in [0.15, 0.2) is 0 Å². The van der Waals surface area contributed by atoms with Crippen molar-refractivity contribution >= 4 is 44.2 Å². The van der Waals surface area contributed by atoms with E-state index in [1.54, 1.807) is 25.3 Å². The summed E-state index contributed by atoms with van der Waals surface area (Å²) in [6.07, 6.45) is 4.26. The SMILES string of the molecule is CCc1cccc2c(/C=N/Nc3ccc(S(=O)(=O)Nc4ccc(C)cc4C)cc3[N+](=O)[O-])c[nH]c12. The molecule has 180 valence electrons. The number of benzene rings is 3. The molecule has 0 atom stereocenters. The number of sulfonamides is 1. The van der Waals surface area contributed by atoms with Crippen LogP contribution in [-0.4, -0.2) is 24.5 Å². The third-order valence-electron chi connectivity index (χ3n) is 5.71. The second-order valence-electron chi connectivity index (χ2n) is 8.17. The monoisotopic (exact) mass is 491 g/mol. The summed E-state index contributed by atoms with van der Waals surface area (Å²) in [6.45, 7) is 5.77. The Morgan fingerprint density at radius 2 is 1.86 bits per heavy atom. The molecule has 0 bridgehead atoms. The number of anilines is 2. The van der Waals surface area contributed by atoms with E-state index in [-0.39, 0.29) is 10.6 Å². The second-order valence-corrected chi connectivity index (χ2v) is 9.85. The summed E-state index contributed by atoms with van der Waals surface area (Å²) in [5.74, 6) is 0. The molecule has 9 nitrogen and oxygen atoms in total. The molecule has 0 amide bonds. The van der Waals surface area contributed by atoms with Crippen LogP contribution in [0.1, 0.15) is 29.2 Å². The zero-order chi connectivity index (χ0) is 25.2. The van der Waals surface area contributed by atoms with E-state index in [1.807, 2.05) is 37.4 Å². The van der Waals surface area contributed by atoms with Crippen molar-refractivity contribution in [1.29, 1.82) is 0 Å². The molecule has 10 heteroatoms. The number of hydrogen-bond donors (Lipinski definition) is 3. The average Bonchev–Trinajstić information content (AvgIpc) is 3.24. The first-order chi connectivity index (χ1) is 16.7. The van der Waals surface area contributed by atoms with E-state index >= 15 is 0 Å². The number of hydrazone groups is 1. The van der Waals surface area contributed by atoms with Gasteiger partial charge in [-0.05, 0) is 49.6 Å². The Labute approximate surface area is 203 Å². The lowest BCUT2D eigenvalue weighted by molar-refractivity contribution is -0.384. The minimum Gasteiger partial charge on any atom is -0.360 e. The van der Waals surface area contributed by atoms with Crippen molar-refractivity contribution in [1.82, 2.24) is 4.98 Å². The number of rotatable bonds is 8. The lowest BCUT2D eigenvalue weighted by atomic mass is 10.1. The predicted molar refractivity (Wildman–Crippen MR) is 139 cm³/mol. The van der Waals surface area contributed by atoms with Crippen LogP contribution in [0.4, 0.5) is 17.1 Å². The van der Waals surface area contributed by atoms with Crippen LogP contribution >= 0.6 is 0 Å². The van der Waals surface area contributed by atoms with Crippen molar-refractivity contribution < 1.29 is 13.3 Å². The zero-order valence-electron chi connectivity index (χ0n) is 19.5. The first-order valence-corrected chi connectivity index (χ1v) is 12.4. The molecule has 3 aromatic carbocycles. The fourth-order valence-electron chi connectivity index (χ4n) is 3.87. The quantitative estimate of drug-likeness (QED) is 0.170. The molecule has 3 N–H and O–H groups in total. The van der Waals surface area contributed by atoms with Crippen LogP contribution in [0.5, 0.6) is 0 Å². The van der Waals surface area contributed by atoms with Crippen molar-refractivity contribution in [2.24, 2.45) is 5.10 Å². The Kier molecular flexibility index (Phi) is 6.57. The lowest BCUT2D eigenvalue weighted by Gasteiger charge is -2.12. The molecule has 0 spiro atoms. The first kappa shape index (κ1) is 24.0. The first-order valence-electron chi connectivity index (χ1n) is 11.0. The fourth-order valence-corrected chi connectivity index (χ4v) is 5.02. The molecule has 4 rings (SSSR count). The topological polar surface area (TPSA) is 129 Å². The van der Waals surface area contributed by atoms with Crippen molar-refractivity contribution in [2.75, 3.05) is 10.1 Å². The van der Waals surface area contributed by atoms with Gasteiger partial charge in [0, 0.05) is 28.7 Å². The molecule has 0 saturated carbocycles. The standard InChI is InChI=1S/C25H25N5O4S/c1-4-18-6-5-7-21-19(14-26-25(18)21)15-27-28-23-11-9-20(13-24(23)30(31)32)35(33,34)29-22-10-8-16(2)12-17(22)3/h5-15,26,28-29H,4H2,1-3H3/b27-15+. The summed E-state index contributed by atoms with van der Waals surface area (Å²) in [5, 5.41) is 16.8. The molecular formula is C25H25N5O4S. The maximum atomic E-state index is 12.9. The third kappa shape index (κ3) is 5.02. The minimum atomic E-state index is -4.03. The van der Waals surface area contributed by atoms with Crippen molar-refractivity contribution in [3.8, 4) is 0 Å². The van der Waals surface area contributed by atoms with Crippen LogP contribution in [0.3, 0.4) is 0 Å². The van der Waals surface area contributed by atoms with Crippen LogP contribution in [-0.2, 0) is 16.4 Å². The molecule has 35 heavy (non-hydrogen) atoms. The largest absolute Gasteiger partial charge is 0.360 e. The third-order valence-corrected chi connectivity index (χ3v) is 7.07. The Morgan fingerprint density at radius 3 is 2.57 bits per heavy atom. The van der Waals surface area contributed by atoms with E-state index in [2.05, 4.69) is 27.2 Å². The van der Waals surface area contributed by atoms with Crippen LogP contribution in [0.15, 0.2) is 70.8 Å². The summed E-state index contributed by atoms with van der Waals surface area (Å²) in [7, 11) is -4.03. The van der Waals surface area contributed by atoms with E-state index in [9.17, 15) is 18.5 Å². The summed E-state index contributed by atoms with van der Waals surface area (Å²) < 4.78 is 28.3. The number of hydrogen-bond acceptors (Lipinski definition) is 6. The number of aromatic amines is 1. The molecule has 0 fully saturated rings. The summed E-state index contributed by atoms with van der Waals surface area (Å²) in [5.41, 5.74) is 7.52. The van der Waals surface area contributed by atoms with Crippen molar-refractivity contribution in [3.05, 3.63) is 93.2 Å². The van der Waals surface area contributed by atoms with Gasteiger partial charge in [-0.1, -0.05) is 42.8 Å². The van der Waals surface area contributed by atoms with Crippen LogP contribution in [0.25, 0.3) is 10.9 Å². The van der Waals surface area contributed by atoms with Crippen LogP contribution in [0, 0.1) is 24.0 Å². The Morgan fingerprint density at radius 1 is 1.09 bits per heavy atom. The number of fused-ring (bicyclic) bond motifs is 1. The van der Waals surface area contributed by atoms with Crippen molar-refractivity contribution in [3.63, 3.8) is 0 Å². The van der Waals surface area contributed by atoms with Gasteiger partial charge < -0.3 is 4.98 Å². The molecule has 0 aliphatic rings. The smallest absolute Gasteiger partial charge is 0.295 e. The van der Waals surface area contributed by atoms with Gasteiger partial charge in [0.25, 0.3) is 15.7 Å². The van der Waals surface area contributed by atoms with Gasteiger partial charge in [0.05, 0.1) is 21.7 Å². The van der Waals surface area contributed by atoms with Gasteiger partial charge in [-0.2, -0.15) is 5.10 Å². The van der Waals surface area contributed by atoms with Crippen LogP contribution < -0.4 is 10.1 Å². The maximum Gasteiger partial charge on any atom is 0.295 e. The van der Waals surface area contributed by atoms with E-state index in [0.29, 0.717) is 5.69 Å². The highest BCUT2D eigenvalue weighted by atomic mass is 32.2. The summed E-state index contributed by atoms with van der Waals surface area (Å²) >= 11 is 0. The fraction of sp³-hybridized carbons (Fsp3) is 0.160. The number of nitro groups is 1. The summed E-state index contributed by atoms with van der Waals surface area (Å²) in [6, 6.07) is 14.9. The Hall–Kier alpha value is -4.18. The molecular weight excluding hydrogens is 466 g/mol. The van der Waals surface area contributed by atoms with E-state index in [1.165, 1.54) is 17.7 Å². The Balaban J connectivity index is 1.59. The number of nitrogens with one attached hydrogen (secondary N) is 3. The molecule has 4 aromatic rings. The van der Waals surface area contributed by atoms with Gasteiger partial charge in [-0.15, -0.1) is 0 Å². The maximum absolute atomic E-state index is 12.9. The highest BCUT2D eigenvalue weighted by molar-refractivity contribution is 7.92. The van der Waals surface area contributed by atoms with E-state index < -0.39 is 20.6 Å². The van der Waals surface area contributed by atoms with Gasteiger partial charge in [0.2, 0.25) is 0 Å². The normalized spacial score (nSPS) is 11.7. The predicted octanol–water partition coefficient (Wildman–Crippen LogP) is 5.50. The van der Waals surface area contributed by atoms with Crippen molar-refractivity contribution in [2.45, 2.75) is 32.1 Å². The second kappa shape index (κ2) is 9.59. The zero-order valence-corrected chi connectivity index (χ0v) is 20.3. The highest BCUT2D eigenvalue weighted by Crippen LogP contribution is 2.29. The number of H-pyrrole nitrogens is 1. The number of aryl methyl sites for hydroxylation is 3. The van der Waals surface area contributed by atoms with Crippen LogP contribution in [0.2, 0.25) is 0 Å². The van der Waals surface area contributed by atoms with E-state index in [0.717, 1.165) is 40.1 Å². The van der Waals surface area contributed by atoms with Gasteiger partial charge in [-0.25, -0.2) is 8.42 Å². The molecule has 0 unspecified atom stereocenters. The highest BCUT2D eigenvalue weighted by Gasteiger charge is 2.22. The molecule has 0 aliphatic heterocycles. The molecule has 0 aliphatic carbocycles. The van der Waals surface area contributed by atoms with Gasteiger partial charge >= 0.3 is 0 Å². The average molecular weight is 492 g/mol. The van der Waals surface area contributed by atoms with E-state index in [4.69, 9.17) is 0 Å². The van der Waals surface area contributed by atoms with Gasteiger partial charge in [-0.3, -0.25) is 20.3 Å². The number of nitrogens with zero attached hydrogens (tertiary/aromatic N) is 2. The van der Waals surface area contributed by atoms with Gasteiger partial charge in [0.1, 0.15) is 5.69 Å². The number of aromatic nitrogens is 1. The number of nitro benzene ring substituents is 1. The number of para-hydroxylation sites is 1. The molecule has 0 saturated heterocycles.